The molecule has 1 aliphatic heterocycles. The highest BCUT2D eigenvalue weighted by Crippen LogP contribution is 2.55. The van der Waals surface area contributed by atoms with E-state index in [1.165, 1.54) is 0 Å². The van der Waals surface area contributed by atoms with Crippen LogP contribution < -0.4 is 10.2 Å². The number of piperazine rings is 1. The van der Waals surface area contributed by atoms with Gasteiger partial charge in [-0.2, -0.15) is 5.26 Å². The van der Waals surface area contributed by atoms with Crippen molar-refractivity contribution in [2.45, 2.75) is 69.6 Å². The first-order valence-electron chi connectivity index (χ1n) is 12.8. The van der Waals surface area contributed by atoms with Gasteiger partial charge in [0.2, 0.25) is 0 Å². The van der Waals surface area contributed by atoms with Crippen LogP contribution in [0.2, 0.25) is 0 Å². The third-order valence-electron chi connectivity index (χ3n) is 9.13. The number of carbonyl (C=O) groups is 1. The van der Waals surface area contributed by atoms with Gasteiger partial charge in [-0.1, -0.05) is 6.07 Å². The number of carbonyl (C=O) groups excluding carboxylic acids is 1. The fourth-order valence-corrected chi connectivity index (χ4v) is 7.55. The summed E-state index contributed by atoms with van der Waals surface area (Å²) in [6.07, 6.45) is 6.92. The second-order valence-electron chi connectivity index (χ2n) is 11.7. The third-order valence-corrected chi connectivity index (χ3v) is 9.13. The predicted molar refractivity (Wildman–Crippen MR) is 125 cm³/mol. The van der Waals surface area contributed by atoms with Gasteiger partial charge in [0.05, 0.1) is 17.1 Å². The minimum atomic E-state index is -0.486. The molecular formula is C26H35N5O2. The van der Waals surface area contributed by atoms with E-state index < -0.39 is 5.60 Å². The minimum absolute atomic E-state index is 0.0858. The second kappa shape index (κ2) is 7.68. The first kappa shape index (κ1) is 21.4. The summed E-state index contributed by atoms with van der Waals surface area (Å²) in [6, 6.07) is 8.70. The molecule has 176 valence electrons. The molecule has 3 unspecified atom stereocenters. The highest BCUT2D eigenvalue weighted by Gasteiger charge is 2.55. The van der Waals surface area contributed by atoms with E-state index in [0.29, 0.717) is 23.4 Å². The van der Waals surface area contributed by atoms with E-state index in [0.717, 1.165) is 76.9 Å². The number of aliphatic hydroxyl groups is 1. The second-order valence-corrected chi connectivity index (χ2v) is 11.7. The molecule has 5 saturated carbocycles. The zero-order valence-electron chi connectivity index (χ0n) is 19.5. The van der Waals surface area contributed by atoms with Gasteiger partial charge in [0.1, 0.15) is 11.5 Å². The molecule has 6 aliphatic rings. The molecule has 3 atom stereocenters. The van der Waals surface area contributed by atoms with Crippen molar-refractivity contribution in [2.24, 2.45) is 23.2 Å². The van der Waals surface area contributed by atoms with E-state index in [4.69, 9.17) is 4.98 Å². The van der Waals surface area contributed by atoms with Crippen LogP contribution in [0.1, 0.15) is 62.4 Å². The van der Waals surface area contributed by atoms with Crippen LogP contribution in [-0.4, -0.2) is 64.8 Å². The zero-order valence-corrected chi connectivity index (χ0v) is 19.5. The largest absolute Gasteiger partial charge is 0.390 e. The molecule has 1 aromatic rings. The summed E-state index contributed by atoms with van der Waals surface area (Å²) >= 11 is 0. The standard InChI is InChI=1S/C26H35N5O2/c1-17-14-30(16-25(15-27)5-6-25)7-8-31(17)22-4-2-3-21(28-22)24(32)29-23-19-9-18-10-20(23)13-26(33,11-18)12-19/h2-4,17-20,23,33H,5-14,16H2,1H3,(H,29,32). The Morgan fingerprint density at radius 1 is 1.24 bits per heavy atom. The number of amides is 1. The van der Waals surface area contributed by atoms with Crippen LogP contribution in [0.3, 0.4) is 0 Å². The molecule has 6 fully saturated rings. The molecule has 7 rings (SSSR count). The fraction of sp³-hybridized carbons (Fsp3) is 0.731. The van der Waals surface area contributed by atoms with Gasteiger partial charge in [-0.3, -0.25) is 9.69 Å². The Morgan fingerprint density at radius 2 is 2.00 bits per heavy atom. The molecule has 0 spiro atoms. The lowest BCUT2D eigenvalue weighted by Crippen LogP contribution is -2.61. The summed E-state index contributed by atoms with van der Waals surface area (Å²) in [5.74, 6) is 2.19. The van der Waals surface area contributed by atoms with E-state index in [1.807, 2.05) is 18.2 Å². The Bertz CT molecular complexity index is 969. The molecule has 1 amide bonds. The number of anilines is 1. The van der Waals surface area contributed by atoms with Crippen molar-refractivity contribution in [3.05, 3.63) is 23.9 Å². The molecule has 5 aliphatic carbocycles. The summed E-state index contributed by atoms with van der Waals surface area (Å²) < 4.78 is 0. The van der Waals surface area contributed by atoms with Gasteiger partial charge in [0.15, 0.2) is 0 Å². The van der Waals surface area contributed by atoms with Gasteiger partial charge in [-0.15, -0.1) is 0 Å². The molecule has 1 aromatic heterocycles. The van der Waals surface area contributed by atoms with Crippen LogP contribution in [0.5, 0.6) is 0 Å². The van der Waals surface area contributed by atoms with E-state index in [2.05, 4.69) is 28.1 Å². The number of hydrogen-bond donors (Lipinski definition) is 2. The number of rotatable bonds is 5. The molecule has 2 heterocycles. The topological polar surface area (TPSA) is 92.5 Å². The Balaban J connectivity index is 1.11. The lowest BCUT2D eigenvalue weighted by molar-refractivity contribution is -0.136. The third kappa shape index (κ3) is 3.91. The van der Waals surface area contributed by atoms with Gasteiger partial charge in [-0.25, -0.2) is 4.98 Å². The normalized spacial score (nSPS) is 38.7. The Hall–Kier alpha value is -2.17. The average Bonchev–Trinajstić information content (AvgIpc) is 3.55. The van der Waals surface area contributed by atoms with Crippen molar-refractivity contribution in [1.29, 1.82) is 5.26 Å². The van der Waals surface area contributed by atoms with Gasteiger partial charge in [-0.05, 0) is 81.8 Å². The molecule has 1 saturated heterocycles. The Morgan fingerprint density at radius 3 is 2.64 bits per heavy atom. The molecule has 0 aromatic carbocycles. The maximum absolute atomic E-state index is 13.2. The first-order chi connectivity index (χ1) is 15.9. The molecule has 4 bridgehead atoms. The predicted octanol–water partition coefficient (Wildman–Crippen LogP) is 2.57. The summed E-state index contributed by atoms with van der Waals surface area (Å²) in [5, 5.41) is 23.6. The molecule has 2 N–H and O–H groups in total. The van der Waals surface area contributed by atoms with Crippen LogP contribution in [0.25, 0.3) is 0 Å². The lowest BCUT2D eigenvalue weighted by Gasteiger charge is -2.58. The number of nitrogens with zero attached hydrogens (tertiary/aromatic N) is 4. The number of nitriles is 1. The maximum Gasteiger partial charge on any atom is 0.270 e. The van der Waals surface area contributed by atoms with Crippen molar-refractivity contribution in [3.63, 3.8) is 0 Å². The van der Waals surface area contributed by atoms with Gasteiger partial charge in [0, 0.05) is 38.3 Å². The average molecular weight is 450 g/mol. The van der Waals surface area contributed by atoms with Gasteiger partial charge < -0.3 is 15.3 Å². The van der Waals surface area contributed by atoms with Gasteiger partial charge >= 0.3 is 0 Å². The monoisotopic (exact) mass is 449 g/mol. The number of aromatic nitrogens is 1. The molecule has 0 radical (unpaired) electrons. The summed E-state index contributed by atoms with van der Waals surface area (Å²) in [4.78, 5) is 22.7. The zero-order chi connectivity index (χ0) is 22.8. The van der Waals surface area contributed by atoms with Crippen LogP contribution in [-0.2, 0) is 0 Å². The molecule has 7 nitrogen and oxygen atoms in total. The van der Waals surface area contributed by atoms with Crippen molar-refractivity contribution in [2.75, 3.05) is 31.1 Å². The van der Waals surface area contributed by atoms with Crippen LogP contribution in [0.15, 0.2) is 18.2 Å². The number of hydrogen-bond acceptors (Lipinski definition) is 6. The fourth-order valence-electron chi connectivity index (χ4n) is 7.55. The van der Waals surface area contributed by atoms with Crippen LogP contribution in [0, 0.1) is 34.5 Å². The number of nitrogens with one attached hydrogen (secondary N) is 1. The van der Waals surface area contributed by atoms with E-state index >= 15 is 0 Å². The van der Waals surface area contributed by atoms with Crippen molar-refractivity contribution in [1.82, 2.24) is 15.2 Å². The molecule has 33 heavy (non-hydrogen) atoms. The van der Waals surface area contributed by atoms with Crippen LogP contribution in [0.4, 0.5) is 5.82 Å². The van der Waals surface area contributed by atoms with E-state index in [-0.39, 0.29) is 23.4 Å². The Kier molecular flexibility index (Phi) is 4.97. The Labute approximate surface area is 196 Å². The molecular weight excluding hydrogens is 414 g/mol. The van der Waals surface area contributed by atoms with Crippen LogP contribution >= 0.6 is 0 Å². The van der Waals surface area contributed by atoms with Crippen molar-refractivity contribution >= 4 is 11.7 Å². The first-order valence-corrected chi connectivity index (χ1v) is 12.8. The quantitative estimate of drug-likeness (QED) is 0.718. The maximum atomic E-state index is 13.2. The van der Waals surface area contributed by atoms with Gasteiger partial charge in [0.25, 0.3) is 5.91 Å². The summed E-state index contributed by atoms with van der Waals surface area (Å²) in [5.41, 5.74) is -0.108. The highest BCUT2D eigenvalue weighted by atomic mass is 16.3. The highest BCUT2D eigenvalue weighted by molar-refractivity contribution is 5.93. The number of pyridine rings is 1. The van der Waals surface area contributed by atoms with Crippen molar-refractivity contribution in [3.8, 4) is 6.07 Å². The minimum Gasteiger partial charge on any atom is -0.390 e. The van der Waals surface area contributed by atoms with E-state index in [1.54, 1.807) is 0 Å². The SMILES string of the molecule is CC1CN(CC2(C#N)CC2)CCN1c1cccc(C(=O)NC2C3CC4CC2CC(O)(C4)C3)n1. The van der Waals surface area contributed by atoms with E-state index in [9.17, 15) is 15.2 Å². The van der Waals surface area contributed by atoms with Crippen molar-refractivity contribution < 1.29 is 9.90 Å². The lowest BCUT2D eigenvalue weighted by atomic mass is 9.52. The summed E-state index contributed by atoms with van der Waals surface area (Å²) in [7, 11) is 0. The summed E-state index contributed by atoms with van der Waals surface area (Å²) in [6.45, 7) is 5.76. The smallest absolute Gasteiger partial charge is 0.270 e. The molecule has 7 heteroatoms.